The maximum atomic E-state index is 11.0. The highest BCUT2D eigenvalue weighted by molar-refractivity contribution is 5.91. The van der Waals surface area contributed by atoms with Gasteiger partial charge in [0.25, 0.3) is 5.91 Å². The van der Waals surface area contributed by atoms with Crippen molar-refractivity contribution in [3.05, 3.63) is 17.8 Å². The number of aromatic nitrogens is 1. The Bertz CT molecular complexity index is 433. The molecule has 7 nitrogen and oxygen atoms in total. The Balaban J connectivity index is 2.66. The second-order valence-corrected chi connectivity index (χ2v) is 3.35. The van der Waals surface area contributed by atoms with E-state index in [2.05, 4.69) is 15.6 Å². The third kappa shape index (κ3) is 3.63. The van der Waals surface area contributed by atoms with Crippen molar-refractivity contribution in [2.45, 2.75) is 6.42 Å². The van der Waals surface area contributed by atoms with Crippen LogP contribution in [-0.2, 0) is 4.79 Å². The Morgan fingerprint density at radius 1 is 1.41 bits per heavy atom. The second-order valence-electron chi connectivity index (χ2n) is 3.35. The topological polar surface area (TPSA) is 123 Å². The molecular formula is C10H15N5O2. The zero-order valence-corrected chi connectivity index (χ0v) is 9.49. The maximum Gasteiger partial charge on any atom is 0.267 e. The number of hydrogen-bond donors (Lipinski definition) is 4. The molecule has 0 atom stereocenters. The van der Waals surface area contributed by atoms with Crippen molar-refractivity contribution in [2.75, 3.05) is 24.6 Å². The van der Waals surface area contributed by atoms with E-state index in [0.717, 1.165) is 0 Å². The van der Waals surface area contributed by atoms with E-state index in [1.54, 1.807) is 7.05 Å². The number of rotatable bonds is 5. The molecule has 0 aromatic carbocycles. The molecule has 92 valence electrons. The van der Waals surface area contributed by atoms with Crippen LogP contribution in [0.15, 0.2) is 12.1 Å². The van der Waals surface area contributed by atoms with Crippen LogP contribution in [0.5, 0.6) is 0 Å². The molecule has 0 saturated heterocycles. The Morgan fingerprint density at radius 2 is 2.12 bits per heavy atom. The Kier molecular flexibility index (Phi) is 4.27. The van der Waals surface area contributed by atoms with Gasteiger partial charge in [0.05, 0.1) is 5.69 Å². The molecule has 0 fully saturated rings. The van der Waals surface area contributed by atoms with Gasteiger partial charge in [-0.2, -0.15) is 0 Å². The minimum absolute atomic E-state index is 0.0953. The number of nitrogens with zero attached hydrogens (tertiary/aromatic N) is 1. The van der Waals surface area contributed by atoms with Crippen molar-refractivity contribution >= 4 is 23.3 Å². The number of nitrogens with one attached hydrogen (secondary N) is 2. The van der Waals surface area contributed by atoms with Crippen LogP contribution in [0.3, 0.4) is 0 Å². The van der Waals surface area contributed by atoms with Crippen LogP contribution >= 0.6 is 0 Å². The number of carbonyl (C=O) groups is 2. The molecule has 0 unspecified atom stereocenters. The van der Waals surface area contributed by atoms with Crippen molar-refractivity contribution in [3.63, 3.8) is 0 Å². The van der Waals surface area contributed by atoms with Gasteiger partial charge in [-0.05, 0) is 12.1 Å². The van der Waals surface area contributed by atoms with E-state index in [4.69, 9.17) is 11.5 Å². The molecule has 0 bridgehead atoms. The lowest BCUT2D eigenvalue weighted by atomic mass is 10.3. The van der Waals surface area contributed by atoms with Crippen LogP contribution in [-0.4, -0.2) is 30.4 Å². The van der Waals surface area contributed by atoms with Gasteiger partial charge in [-0.25, -0.2) is 4.98 Å². The van der Waals surface area contributed by atoms with Crippen LogP contribution in [0, 0.1) is 0 Å². The van der Waals surface area contributed by atoms with Crippen molar-refractivity contribution in [1.82, 2.24) is 10.3 Å². The van der Waals surface area contributed by atoms with Crippen molar-refractivity contribution < 1.29 is 9.59 Å². The number of primary amides is 1. The summed E-state index contributed by atoms with van der Waals surface area (Å²) in [7, 11) is 1.56. The normalized spacial score (nSPS) is 9.71. The summed E-state index contributed by atoms with van der Waals surface area (Å²) >= 11 is 0. The van der Waals surface area contributed by atoms with Crippen molar-refractivity contribution in [2.24, 2.45) is 5.73 Å². The summed E-state index contributed by atoms with van der Waals surface area (Å²) in [6.07, 6.45) is 0.290. The molecule has 0 aliphatic heterocycles. The van der Waals surface area contributed by atoms with Gasteiger partial charge in [-0.15, -0.1) is 0 Å². The summed E-state index contributed by atoms with van der Waals surface area (Å²) < 4.78 is 0. The standard InChI is InChI=1S/C10H15N5O2/c1-13-8(16)4-5-14-10-6(11)2-3-7(15-10)9(12)17/h2-3H,4-5,11H2,1H3,(H2,12,17)(H,13,16)(H,14,15). The summed E-state index contributed by atoms with van der Waals surface area (Å²) in [5.74, 6) is -0.369. The third-order valence-electron chi connectivity index (χ3n) is 2.10. The van der Waals surface area contributed by atoms with Gasteiger partial charge in [0.1, 0.15) is 11.5 Å². The lowest BCUT2D eigenvalue weighted by Gasteiger charge is -2.08. The molecule has 0 aliphatic rings. The highest BCUT2D eigenvalue weighted by atomic mass is 16.1. The maximum absolute atomic E-state index is 11.0. The van der Waals surface area contributed by atoms with Gasteiger partial charge >= 0.3 is 0 Å². The van der Waals surface area contributed by atoms with Crippen LogP contribution in [0.25, 0.3) is 0 Å². The number of pyridine rings is 1. The van der Waals surface area contributed by atoms with Crippen LogP contribution in [0.1, 0.15) is 16.9 Å². The fraction of sp³-hybridized carbons (Fsp3) is 0.300. The number of nitrogen functional groups attached to an aromatic ring is 1. The predicted molar refractivity (Wildman–Crippen MR) is 64.3 cm³/mol. The van der Waals surface area contributed by atoms with Gasteiger partial charge in [0.2, 0.25) is 5.91 Å². The van der Waals surface area contributed by atoms with Gasteiger partial charge in [-0.3, -0.25) is 9.59 Å². The van der Waals surface area contributed by atoms with Gasteiger partial charge in [0.15, 0.2) is 0 Å². The number of anilines is 2. The van der Waals surface area contributed by atoms with Gasteiger partial charge in [0, 0.05) is 20.0 Å². The first-order valence-corrected chi connectivity index (χ1v) is 5.05. The van der Waals surface area contributed by atoms with Crippen molar-refractivity contribution in [1.29, 1.82) is 0 Å². The molecule has 17 heavy (non-hydrogen) atoms. The van der Waals surface area contributed by atoms with E-state index in [1.165, 1.54) is 12.1 Å². The van der Waals surface area contributed by atoms with Crippen LogP contribution < -0.4 is 22.1 Å². The van der Waals surface area contributed by atoms with Gasteiger partial charge in [-0.1, -0.05) is 0 Å². The summed E-state index contributed by atoms with van der Waals surface area (Å²) in [6.45, 7) is 0.374. The fourth-order valence-electron chi connectivity index (χ4n) is 1.17. The highest BCUT2D eigenvalue weighted by Gasteiger charge is 2.07. The summed E-state index contributed by atoms with van der Waals surface area (Å²) in [4.78, 5) is 25.9. The van der Waals surface area contributed by atoms with E-state index in [0.29, 0.717) is 24.5 Å². The Hall–Kier alpha value is -2.31. The minimum atomic E-state index is -0.626. The first-order valence-electron chi connectivity index (χ1n) is 5.05. The smallest absolute Gasteiger partial charge is 0.267 e. The Morgan fingerprint density at radius 3 is 2.71 bits per heavy atom. The number of carbonyl (C=O) groups excluding carboxylic acids is 2. The van der Waals surface area contributed by atoms with E-state index in [-0.39, 0.29) is 11.6 Å². The fourth-order valence-corrected chi connectivity index (χ4v) is 1.17. The summed E-state index contributed by atoms with van der Waals surface area (Å²) in [5, 5.41) is 5.36. The van der Waals surface area contributed by atoms with Crippen molar-refractivity contribution in [3.8, 4) is 0 Å². The molecule has 2 amide bonds. The molecule has 1 aromatic heterocycles. The molecule has 0 radical (unpaired) electrons. The zero-order valence-electron chi connectivity index (χ0n) is 9.49. The second kappa shape index (κ2) is 5.69. The summed E-state index contributed by atoms with van der Waals surface area (Å²) in [6, 6.07) is 2.98. The minimum Gasteiger partial charge on any atom is -0.396 e. The molecule has 1 rings (SSSR count). The Labute approximate surface area is 98.6 Å². The molecule has 0 aliphatic carbocycles. The lowest BCUT2D eigenvalue weighted by Crippen LogP contribution is -2.21. The van der Waals surface area contributed by atoms with E-state index in [9.17, 15) is 9.59 Å². The van der Waals surface area contributed by atoms with Gasteiger partial charge < -0.3 is 22.1 Å². The molecule has 1 aromatic rings. The molecule has 0 saturated carbocycles. The molecule has 1 heterocycles. The highest BCUT2D eigenvalue weighted by Crippen LogP contribution is 2.15. The van der Waals surface area contributed by atoms with E-state index < -0.39 is 5.91 Å². The lowest BCUT2D eigenvalue weighted by molar-refractivity contribution is -0.120. The number of hydrogen-bond acceptors (Lipinski definition) is 5. The number of nitrogens with two attached hydrogens (primary N) is 2. The summed E-state index contributed by atoms with van der Waals surface area (Å²) in [5.41, 5.74) is 11.3. The largest absolute Gasteiger partial charge is 0.396 e. The molecule has 7 heteroatoms. The average Bonchev–Trinajstić information content (AvgIpc) is 2.30. The average molecular weight is 237 g/mol. The van der Waals surface area contributed by atoms with E-state index >= 15 is 0 Å². The SMILES string of the molecule is CNC(=O)CCNc1nc(C(N)=O)ccc1N. The quantitative estimate of drug-likeness (QED) is 0.539. The first kappa shape index (κ1) is 12.8. The first-order chi connectivity index (χ1) is 8.04. The van der Waals surface area contributed by atoms with Crippen LogP contribution in [0.4, 0.5) is 11.5 Å². The molecule has 0 spiro atoms. The molecule has 6 N–H and O–H groups in total. The predicted octanol–water partition coefficient (Wildman–Crippen LogP) is -0.689. The zero-order chi connectivity index (χ0) is 12.8. The monoisotopic (exact) mass is 237 g/mol. The molecular weight excluding hydrogens is 222 g/mol. The van der Waals surface area contributed by atoms with Crippen LogP contribution in [0.2, 0.25) is 0 Å². The number of amides is 2. The van der Waals surface area contributed by atoms with E-state index in [1.807, 2.05) is 0 Å². The third-order valence-corrected chi connectivity index (χ3v) is 2.10.